The molecule has 0 aromatic heterocycles. The number of epoxide rings is 1. The molecule has 0 amide bonds. The Labute approximate surface area is 109 Å². The molecular weight excluding hydrogens is 228 g/mol. The molecule has 0 aromatic carbocycles. The number of rotatable bonds is 1. The van der Waals surface area contributed by atoms with Gasteiger partial charge in [0.25, 0.3) is 0 Å². The first-order valence-corrected chi connectivity index (χ1v) is 6.94. The van der Waals surface area contributed by atoms with Crippen molar-refractivity contribution in [2.24, 2.45) is 10.8 Å². The largest absolute Gasteiger partial charge is 0.393 e. The number of ether oxygens (including phenoxy) is 1. The molecular formula is C15H24O3. The van der Waals surface area contributed by atoms with Gasteiger partial charge in [-0.15, -0.1) is 0 Å². The van der Waals surface area contributed by atoms with Gasteiger partial charge in [-0.2, -0.15) is 0 Å². The summed E-state index contributed by atoms with van der Waals surface area (Å²) < 4.78 is 5.98. The monoisotopic (exact) mass is 252 g/mol. The zero-order valence-corrected chi connectivity index (χ0v) is 11.8. The summed E-state index contributed by atoms with van der Waals surface area (Å²) in [7, 11) is 0. The lowest BCUT2D eigenvalue weighted by molar-refractivity contribution is -0.0599. The van der Waals surface area contributed by atoms with Crippen LogP contribution < -0.4 is 0 Å². The Kier molecular flexibility index (Phi) is 2.24. The van der Waals surface area contributed by atoms with Gasteiger partial charge in [-0.25, -0.2) is 0 Å². The fourth-order valence-corrected chi connectivity index (χ4v) is 4.66. The van der Waals surface area contributed by atoms with Crippen LogP contribution in [0.3, 0.4) is 0 Å². The smallest absolute Gasteiger partial charge is 0.132 e. The van der Waals surface area contributed by atoms with Gasteiger partial charge in [0.1, 0.15) is 11.2 Å². The molecule has 102 valence electrons. The van der Waals surface area contributed by atoms with E-state index in [1.807, 2.05) is 0 Å². The second-order valence-electron chi connectivity index (χ2n) is 7.28. The van der Waals surface area contributed by atoms with E-state index in [2.05, 4.69) is 33.8 Å². The molecule has 1 aliphatic heterocycles. The molecule has 0 bridgehead atoms. The SMILES string of the molecule is CC1(C)CC[C@H](O)[C@@]2(C)C1=CC[C@@]1(C)OC12CO. The average Bonchev–Trinajstić information content (AvgIpc) is 2.93. The van der Waals surface area contributed by atoms with Gasteiger partial charge in [0.2, 0.25) is 0 Å². The predicted molar refractivity (Wildman–Crippen MR) is 69.1 cm³/mol. The van der Waals surface area contributed by atoms with E-state index in [4.69, 9.17) is 4.74 Å². The number of fused-ring (bicyclic) bond motifs is 3. The molecule has 2 aliphatic carbocycles. The van der Waals surface area contributed by atoms with Crippen molar-refractivity contribution in [1.29, 1.82) is 0 Å². The van der Waals surface area contributed by atoms with E-state index in [1.165, 1.54) is 5.57 Å². The minimum atomic E-state index is -0.582. The highest BCUT2D eigenvalue weighted by Gasteiger charge is 2.79. The third-order valence-corrected chi connectivity index (χ3v) is 5.97. The minimum Gasteiger partial charge on any atom is -0.393 e. The van der Waals surface area contributed by atoms with Crippen molar-refractivity contribution >= 4 is 0 Å². The summed E-state index contributed by atoms with van der Waals surface area (Å²) in [5.41, 5.74) is 0.0352. The van der Waals surface area contributed by atoms with Crippen molar-refractivity contribution in [3.63, 3.8) is 0 Å². The van der Waals surface area contributed by atoms with Crippen molar-refractivity contribution in [3.05, 3.63) is 11.6 Å². The van der Waals surface area contributed by atoms with Crippen LogP contribution in [0.15, 0.2) is 11.6 Å². The van der Waals surface area contributed by atoms with Crippen molar-refractivity contribution in [1.82, 2.24) is 0 Å². The highest BCUT2D eigenvalue weighted by Crippen LogP contribution is 2.70. The van der Waals surface area contributed by atoms with Crippen LogP contribution in [-0.4, -0.2) is 34.1 Å². The number of hydrogen-bond acceptors (Lipinski definition) is 3. The van der Waals surface area contributed by atoms with E-state index in [-0.39, 0.29) is 17.6 Å². The lowest BCUT2D eigenvalue weighted by Gasteiger charge is -2.53. The first kappa shape index (κ1) is 12.6. The Bertz CT molecular complexity index is 427. The molecule has 2 fully saturated rings. The Morgan fingerprint density at radius 3 is 2.61 bits per heavy atom. The van der Waals surface area contributed by atoms with Gasteiger partial charge in [0.15, 0.2) is 0 Å². The molecule has 0 aromatic rings. The molecule has 3 rings (SSSR count). The summed E-state index contributed by atoms with van der Waals surface area (Å²) >= 11 is 0. The Morgan fingerprint density at radius 1 is 1.33 bits per heavy atom. The summed E-state index contributed by atoms with van der Waals surface area (Å²) in [6.45, 7) is 8.59. The zero-order chi connectivity index (χ0) is 13.4. The molecule has 3 nitrogen and oxygen atoms in total. The van der Waals surface area contributed by atoms with E-state index < -0.39 is 17.1 Å². The second-order valence-corrected chi connectivity index (χ2v) is 7.28. The summed E-state index contributed by atoms with van der Waals surface area (Å²) in [5.74, 6) is 0. The highest BCUT2D eigenvalue weighted by atomic mass is 16.6. The van der Waals surface area contributed by atoms with Crippen LogP contribution in [0.2, 0.25) is 0 Å². The standard InChI is InChI=1S/C15H24O3/c1-12(2)7-6-11(17)14(4)10(12)5-8-13(3)15(14,9-16)18-13/h5,11,16-17H,6-9H2,1-4H3/t11-,13+,14+,15?/m0/s1. The third-order valence-electron chi connectivity index (χ3n) is 5.97. The fraction of sp³-hybridized carbons (Fsp3) is 0.867. The van der Waals surface area contributed by atoms with Gasteiger partial charge >= 0.3 is 0 Å². The van der Waals surface area contributed by atoms with Gasteiger partial charge in [0.05, 0.1) is 12.7 Å². The van der Waals surface area contributed by atoms with Gasteiger partial charge in [-0.05, 0) is 31.6 Å². The second kappa shape index (κ2) is 3.20. The highest BCUT2D eigenvalue weighted by molar-refractivity contribution is 5.42. The molecule has 1 saturated heterocycles. The maximum absolute atomic E-state index is 10.6. The Balaban J connectivity index is 2.16. The number of hydrogen-bond donors (Lipinski definition) is 2. The lowest BCUT2D eigenvalue weighted by atomic mass is 9.50. The summed E-state index contributed by atoms with van der Waals surface area (Å²) in [5, 5.41) is 20.5. The number of aliphatic hydroxyl groups excluding tert-OH is 2. The molecule has 2 N–H and O–H groups in total. The van der Waals surface area contributed by atoms with E-state index in [0.29, 0.717) is 0 Å². The van der Waals surface area contributed by atoms with Crippen LogP contribution in [-0.2, 0) is 4.74 Å². The van der Waals surface area contributed by atoms with E-state index in [9.17, 15) is 10.2 Å². The van der Waals surface area contributed by atoms with E-state index in [0.717, 1.165) is 19.3 Å². The lowest BCUT2D eigenvalue weighted by Crippen LogP contribution is -2.58. The van der Waals surface area contributed by atoms with Crippen LogP contribution in [0.4, 0.5) is 0 Å². The summed E-state index contributed by atoms with van der Waals surface area (Å²) in [6.07, 6.45) is 4.44. The van der Waals surface area contributed by atoms with Crippen LogP contribution >= 0.6 is 0 Å². The molecule has 3 aliphatic rings. The van der Waals surface area contributed by atoms with Gasteiger partial charge in [-0.1, -0.05) is 32.4 Å². The van der Waals surface area contributed by atoms with E-state index >= 15 is 0 Å². The molecule has 1 unspecified atom stereocenters. The van der Waals surface area contributed by atoms with E-state index in [1.54, 1.807) is 0 Å². The van der Waals surface area contributed by atoms with Crippen LogP contribution in [0.1, 0.15) is 47.0 Å². The average molecular weight is 252 g/mol. The van der Waals surface area contributed by atoms with Crippen molar-refractivity contribution in [2.45, 2.75) is 64.3 Å². The first-order chi connectivity index (χ1) is 8.23. The van der Waals surface area contributed by atoms with Gasteiger partial charge in [-0.3, -0.25) is 0 Å². The third kappa shape index (κ3) is 1.12. The molecule has 1 saturated carbocycles. The quantitative estimate of drug-likeness (QED) is 0.554. The van der Waals surface area contributed by atoms with Gasteiger partial charge in [0, 0.05) is 5.41 Å². The van der Waals surface area contributed by atoms with Crippen molar-refractivity contribution < 1.29 is 14.9 Å². The topological polar surface area (TPSA) is 53.0 Å². The molecule has 1 heterocycles. The fourth-order valence-electron chi connectivity index (χ4n) is 4.66. The van der Waals surface area contributed by atoms with Crippen molar-refractivity contribution in [3.8, 4) is 0 Å². The molecule has 0 spiro atoms. The summed E-state index contributed by atoms with van der Waals surface area (Å²) in [4.78, 5) is 0. The molecule has 3 heteroatoms. The Hall–Kier alpha value is -0.380. The van der Waals surface area contributed by atoms with Crippen LogP contribution in [0, 0.1) is 10.8 Å². The maximum atomic E-state index is 10.6. The van der Waals surface area contributed by atoms with Crippen LogP contribution in [0.5, 0.6) is 0 Å². The maximum Gasteiger partial charge on any atom is 0.132 e. The first-order valence-electron chi connectivity index (χ1n) is 6.94. The molecule has 4 atom stereocenters. The normalized spacial score (nSPS) is 53.2. The Morgan fingerprint density at radius 2 is 2.00 bits per heavy atom. The van der Waals surface area contributed by atoms with Gasteiger partial charge < -0.3 is 14.9 Å². The van der Waals surface area contributed by atoms with Crippen LogP contribution in [0.25, 0.3) is 0 Å². The molecule has 18 heavy (non-hydrogen) atoms. The number of aliphatic hydroxyl groups is 2. The zero-order valence-electron chi connectivity index (χ0n) is 11.8. The molecule has 0 radical (unpaired) electrons. The minimum absolute atomic E-state index is 0.00944. The van der Waals surface area contributed by atoms with Crippen molar-refractivity contribution in [2.75, 3.05) is 6.61 Å². The summed E-state index contributed by atoms with van der Waals surface area (Å²) in [6, 6.07) is 0. The predicted octanol–water partition coefficient (Wildman–Crippen LogP) is 2.02.